The summed E-state index contributed by atoms with van der Waals surface area (Å²) in [6, 6.07) is 0.376. The SMILES string of the molecule is O=C(O)NCCC[C@@H]1SC[C@@H]2NC(=O)N[C@@H]21. The average molecular weight is 245 g/mol. The molecular formula is C9H15N3O3S. The molecule has 2 fully saturated rings. The minimum atomic E-state index is -0.979. The monoisotopic (exact) mass is 245 g/mol. The summed E-state index contributed by atoms with van der Waals surface area (Å²) >= 11 is 1.84. The van der Waals surface area contributed by atoms with Gasteiger partial charge in [0, 0.05) is 17.5 Å². The number of nitrogens with one attached hydrogen (secondary N) is 3. The number of carbonyl (C=O) groups is 2. The number of hydrogen-bond acceptors (Lipinski definition) is 3. The first-order valence-electron chi connectivity index (χ1n) is 5.32. The van der Waals surface area contributed by atoms with Crippen molar-refractivity contribution in [2.24, 2.45) is 0 Å². The zero-order chi connectivity index (χ0) is 11.5. The van der Waals surface area contributed by atoms with E-state index in [-0.39, 0.29) is 18.1 Å². The van der Waals surface area contributed by atoms with Crippen molar-refractivity contribution in [3.63, 3.8) is 0 Å². The molecule has 0 aromatic carbocycles. The Morgan fingerprint density at radius 3 is 3.12 bits per heavy atom. The summed E-state index contributed by atoms with van der Waals surface area (Å²) in [7, 11) is 0. The molecule has 7 heteroatoms. The third-order valence-electron chi connectivity index (χ3n) is 2.88. The summed E-state index contributed by atoms with van der Waals surface area (Å²) in [5.74, 6) is 0.945. The van der Waals surface area contributed by atoms with Crippen LogP contribution in [0.3, 0.4) is 0 Å². The van der Waals surface area contributed by atoms with E-state index in [1.165, 1.54) is 0 Å². The lowest BCUT2D eigenvalue weighted by molar-refractivity contribution is 0.194. The molecule has 2 aliphatic heterocycles. The van der Waals surface area contributed by atoms with Crippen LogP contribution < -0.4 is 16.0 Å². The maximum Gasteiger partial charge on any atom is 0.404 e. The summed E-state index contributed by atoms with van der Waals surface area (Å²) in [6.45, 7) is 0.477. The van der Waals surface area contributed by atoms with Crippen molar-refractivity contribution in [1.82, 2.24) is 16.0 Å². The van der Waals surface area contributed by atoms with Crippen molar-refractivity contribution in [1.29, 1.82) is 0 Å². The Labute approximate surface area is 97.5 Å². The Hall–Kier alpha value is -1.11. The molecule has 0 unspecified atom stereocenters. The second kappa shape index (κ2) is 4.82. The van der Waals surface area contributed by atoms with Gasteiger partial charge >= 0.3 is 12.1 Å². The van der Waals surface area contributed by atoms with Crippen LogP contribution in [0.25, 0.3) is 0 Å². The van der Waals surface area contributed by atoms with E-state index in [2.05, 4.69) is 16.0 Å². The molecule has 4 N–H and O–H groups in total. The quantitative estimate of drug-likeness (QED) is 0.420. The highest BCUT2D eigenvalue weighted by molar-refractivity contribution is 8.00. The number of thioether (sulfide) groups is 1. The van der Waals surface area contributed by atoms with Crippen LogP contribution >= 0.6 is 11.8 Å². The van der Waals surface area contributed by atoms with Crippen molar-refractivity contribution in [3.8, 4) is 0 Å². The summed E-state index contributed by atoms with van der Waals surface area (Å²) in [6.07, 6.45) is 0.754. The predicted molar refractivity (Wildman–Crippen MR) is 60.8 cm³/mol. The maximum atomic E-state index is 11.1. The van der Waals surface area contributed by atoms with Gasteiger partial charge in [-0.25, -0.2) is 9.59 Å². The first-order chi connectivity index (χ1) is 7.66. The van der Waals surface area contributed by atoms with Crippen LogP contribution in [0.15, 0.2) is 0 Å². The van der Waals surface area contributed by atoms with Crippen molar-refractivity contribution >= 4 is 23.9 Å². The molecule has 0 spiro atoms. The predicted octanol–water partition coefficient (Wildman–Crippen LogP) is 0.200. The fourth-order valence-electron chi connectivity index (χ4n) is 2.14. The van der Waals surface area contributed by atoms with Crippen molar-refractivity contribution in [3.05, 3.63) is 0 Å². The van der Waals surface area contributed by atoms with Crippen LogP contribution in [0.1, 0.15) is 12.8 Å². The van der Waals surface area contributed by atoms with E-state index < -0.39 is 6.09 Å². The first-order valence-corrected chi connectivity index (χ1v) is 6.37. The van der Waals surface area contributed by atoms with Gasteiger partial charge in [-0.15, -0.1) is 0 Å². The summed E-state index contributed by atoms with van der Waals surface area (Å²) in [5.41, 5.74) is 0. The Balaban J connectivity index is 1.70. The van der Waals surface area contributed by atoms with Gasteiger partial charge in [0.25, 0.3) is 0 Å². The van der Waals surface area contributed by atoms with Gasteiger partial charge in [0.1, 0.15) is 0 Å². The van der Waals surface area contributed by atoms with E-state index in [0.29, 0.717) is 11.8 Å². The van der Waals surface area contributed by atoms with Crippen molar-refractivity contribution < 1.29 is 14.7 Å². The topological polar surface area (TPSA) is 90.5 Å². The molecule has 0 aromatic heterocycles. The molecule has 0 aliphatic carbocycles. The maximum absolute atomic E-state index is 11.1. The molecule has 2 saturated heterocycles. The lowest BCUT2D eigenvalue weighted by atomic mass is 10.0. The van der Waals surface area contributed by atoms with Gasteiger partial charge in [0.15, 0.2) is 0 Å². The highest BCUT2D eigenvalue weighted by atomic mass is 32.2. The Morgan fingerprint density at radius 2 is 2.38 bits per heavy atom. The number of carbonyl (C=O) groups excluding carboxylic acids is 1. The Bertz CT molecular complexity index is 300. The molecule has 16 heavy (non-hydrogen) atoms. The standard InChI is InChI=1S/C9H15N3O3S/c13-8-11-5-4-16-6(7(5)12-8)2-1-3-10-9(14)15/h5-7,10H,1-4H2,(H,14,15)(H2,11,12,13)/t5-,6-,7-/m0/s1. The number of fused-ring (bicyclic) bond motifs is 1. The number of hydrogen-bond donors (Lipinski definition) is 4. The smallest absolute Gasteiger partial charge is 0.404 e. The van der Waals surface area contributed by atoms with Crippen LogP contribution in [0.5, 0.6) is 0 Å². The highest BCUT2D eigenvalue weighted by Gasteiger charge is 2.42. The van der Waals surface area contributed by atoms with Gasteiger partial charge in [-0.3, -0.25) is 0 Å². The van der Waals surface area contributed by atoms with Gasteiger partial charge in [-0.1, -0.05) is 0 Å². The summed E-state index contributed by atoms with van der Waals surface area (Å²) in [5, 5.41) is 16.9. The normalized spacial score (nSPS) is 31.8. The van der Waals surface area contributed by atoms with Crippen LogP contribution in [0.4, 0.5) is 9.59 Å². The lowest BCUT2D eigenvalue weighted by Crippen LogP contribution is -2.37. The van der Waals surface area contributed by atoms with E-state index in [1.54, 1.807) is 0 Å². The second-order valence-corrected chi connectivity index (χ2v) is 5.27. The molecule has 2 rings (SSSR count). The molecule has 2 heterocycles. The van der Waals surface area contributed by atoms with Gasteiger partial charge in [-0.05, 0) is 12.8 Å². The molecule has 6 nitrogen and oxygen atoms in total. The van der Waals surface area contributed by atoms with Crippen LogP contribution in [-0.4, -0.2) is 46.9 Å². The van der Waals surface area contributed by atoms with E-state index in [9.17, 15) is 9.59 Å². The number of urea groups is 1. The Morgan fingerprint density at radius 1 is 1.56 bits per heavy atom. The van der Waals surface area contributed by atoms with Gasteiger partial charge in [0.2, 0.25) is 0 Å². The molecular weight excluding hydrogens is 230 g/mol. The van der Waals surface area contributed by atoms with Crippen molar-refractivity contribution in [2.75, 3.05) is 12.3 Å². The highest BCUT2D eigenvalue weighted by Crippen LogP contribution is 2.32. The molecule has 0 saturated carbocycles. The van der Waals surface area contributed by atoms with Gasteiger partial charge in [0.05, 0.1) is 12.1 Å². The zero-order valence-corrected chi connectivity index (χ0v) is 9.55. The van der Waals surface area contributed by atoms with E-state index in [0.717, 1.165) is 18.6 Å². The molecule has 0 aromatic rings. The minimum absolute atomic E-state index is 0.0797. The first kappa shape index (κ1) is 11.4. The fourth-order valence-corrected chi connectivity index (χ4v) is 3.69. The lowest BCUT2D eigenvalue weighted by Gasteiger charge is -2.16. The van der Waals surface area contributed by atoms with Gasteiger partial charge < -0.3 is 21.1 Å². The van der Waals surface area contributed by atoms with Crippen molar-refractivity contribution in [2.45, 2.75) is 30.2 Å². The van der Waals surface area contributed by atoms with E-state index >= 15 is 0 Å². The van der Waals surface area contributed by atoms with Crippen LogP contribution in [0.2, 0.25) is 0 Å². The summed E-state index contributed by atoms with van der Waals surface area (Å²) in [4.78, 5) is 21.3. The molecule has 0 radical (unpaired) electrons. The fraction of sp³-hybridized carbons (Fsp3) is 0.778. The van der Waals surface area contributed by atoms with Gasteiger partial charge in [-0.2, -0.15) is 11.8 Å². The number of rotatable bonds is 4. The van der Waals surface area contributed by atoms with E-state index in [4.69, 9.17) is 5.11 Å². The third-order valence-corrected chi connectivity index (χ3v) is 4.39. The van der Waals surface area contributed by atoms with Crippen LogP contribution in [-0.2, 0) is 0 Å². The molecule has 0 bridgehead atoms. The molecule has 90 valence electrons. The Kier molecular flexibility index (Phi) is 3.42. The number of carboxylic acid groups (broad SMARTS) is 1. The van der Waals surface area contributed by atoms with E-state index in [1.807, 2.05) is 11.8 Å². The molecule has 3 atom stereocenters. The van der Waals surface area contributed by atoms with Crippen LogP contribution in [0, 0.1) is 0 Å². The number of amides is 3. The minimum Gasteiger partial charge on any atom is -0.465 e. The third kappa shape index (κ3) is 2.52. The zero-order valence-electron chi connectivity index (χ0n) is 8.73. The molecule has 2 aliphatic rings. The second-order valence-electron chi connectivity index (χ2n) is 4.00. The summed E-state index contributed by atoms with van der Waals surface area (Å²) < 4.78 is 0. The molecule has 3 amide bonds. The largest absolute Gasteiger partial charge is 0.465 e. The average Bonchev–Trinajstić information content (AvgIpc) is 2.72.